The summed E-state index contributed by atoms with van der Waals surface area (Å²) in [4.78, 5) is 12.4. The van der Waals surface area contributed by atoms with Crippen LogP contribution in [-0.2, 0) is 0 Å². The molecule has 0 amide bonds. The second-order valence-corrected chi connectivity index (χ2v) is 5.29. The maximum absolute atomic E-state index is 13.5. The van der Waals surface area contributed by atoms with Crippen molar-refractivity contribution >= 4 is 23.0 Å². The Bertz CT molecular complexity index is 945. The number of halogens is 2. The molecule has 1 N–H and O–H groups in total. The monoisotopic (exact) mass is 330 g/mol. The van der Waals surface area contributed by atoms with E-state index in [2.05, 4.69) is 15.3 Å². The lowest BCUT2D eigenvalue weighted by molar-refractivity contribution is 0.628. The molecule has 23 heavy (non-hydrogen) atoms. The largest absolute Gasteiger partial charge is 0.299 e. The highest BCUT2D eigenvalue weighted by atomic mass is 35.5. The summed E-state index contributed by atoms with van der Waals surface area (Å²) < 4.78 is 14.9. The molecule has 0 radical (unpaired) electrons. The van der Waals surface area contributed by atoms with Gasteiger partial charge < -0.3 is 0 Å². The van der Waals surface area contributed by atoms with Crippen molar-refractivity contribution < 1.29 is 4.39 Å². The van der Waals surface area contributed by atoms with Crippen LogP contribution in [0.4, 0.5) is 15.8 Å². The number of benzene rings is 2. The lowest BCUT2D eigenvalue weighted by Crippen LogP contribution is -2.13. The summed E-state index contributed by atoms with van der Waals surface area (Å²) in [6.07, 6.45) is 0. The highest BCUT2D eigenvalue weighted by Gasteiger charge is 2.12. The van der Waals surface area contributed by atoms with Crippen LogP contribution < -0.4 is 5.56 Å². The fourth-order valence-electron chi connectivity index (χ4n) is 2.09. The minimum atomic E-state index is -0.500. The van der Waals surface area contributed by atoms with Gasteiger partial charge in [0.25, 0.3) is 5.56 Å². The van der Waals surface area contributed by atoms with E-state index < -0.39 is 5.82 Å². The Morgan fingerprint density at radius 1 is 1.13 bits per heavy atom. The van der Waals surface area contributed by atoms with E-state index in [0.29, 0.717) is 16.4 Å². The van der Waals surface area contributed by atoms with Crippen LogP contribution in [0.3, 0.4) is 0 Å². The first-order chi connectivity index (χ1) is 11.1. The van der Waals surface area contributed by atoms with Crippen molar-refractivity contribution in [1.82, 2.24) is 9.78 Å². The van der Waals surface area contributed by atoms with Crippen LogP contribution in [0, 0.1) is 12.7 Å². The van der Waals surface area contributed by atoms with Gasteiger partial charge in [-0.2, -0.15) is 0 Å². The highest BCUT2D eigenvalue weighted by molar-refractivity contribution is 6.30. The number of nitrogens with zero attached hydrogens (tertiary/aromatic N) is 3. The molecule has 5 nitrogen and oxygen atoms in total. The number of rotatable bonds is 3. The highest BCUT2D eigenvalue weighted by Crippen LogP contribution is 2.21. The summed E-state index contributed by atoms with van der Waals surface area (Å²) in [5, 5.41) is 11.1. The van der Waals surface area contributed by atoms with E-state index in [1.165, 1.54) is 16.8 Å². The zero-order valence-corrected chi connectivity index (χ0v) is 12.9. The maximum atomic E-state index is 13.5. The average Bonchev–Trinajstić information content (AvgIpc) is 2.81. The van der Waals surface area contributed by atoms with Gasteiger partial charge in [-0.1, -0.05) is 29.8 Å². The first-order valence-corrected chi connectivity index (χ1v) is 7.18. The number of aryl methyl sites for hydroxylation is 1. The van der Waals surface area contributed by atoms with Gasteiger partial charge in [-0.25, -0.2) is 9.07 Å². The van der Waals surface area contributed by atoms with Gasteiger partial charge in [0, 0.05) is 5.02 Å². The number of nitrogens with one attached hydrogen (secondary N) is 1. The minimum Gasteiger partial charge on any atom is -0.293 e. The van der Waals surface area contributed by atoms with Crippen LogP contribution in [0.1, 0.15) is 5.69 Å². The Hall–Kier alpha value is -2.73. The Labute approximate surface area is 136 Å². The fourth-order valence-corrected chi connectivity index (χ4v) is 2.27. The SMILES string of the molecule is Cc1[nH]n(-c2cccc(Cl)c2)c(=O)c1N=Nc1ccccc1F. The number of hydrogen-bond acceptors (Lipinski definition) is 3. The fraction of sp³-hybridized carbons (Fsp3) is 0.0625. The van der Waals surface area contributed by atoms with Gasteiger partial charge in [0.05, 0.1) is 11.4 Å². The van der Waals surface area contributed by atoms with Crippen LogP contribution in [0.2, 0.25) is 5.02 Å². The summed E-state index contributed by atoms with van der Waals surface area (Å²) >= 11 is 5.94. The quantitative estimate of drug-likeness (QED) is 0.696. The maximum Gasteiger partial charge on any atom is 0.299 e. The van der Waals surface area contributed by atoms with Crippen LogP contribution in [0.5, 0.6) is 0 Å². The van der Waals surface area contributed by atoms with Crippen LogP contribution in [-0.4, -0.2) is 9.78 Å². The van der Waals surface area contributed by atoms with E-state index in [9.17, 15) is 9.18 Å². The van der Waals surface area contributed by atoms with Gasteiger partial charge in [-0.15, -0.1) is 10.2 Å². The van der Waals surface area contributed by atoms with Crippen LogP contribution >= 0.6 is 11.6 Å². The van der Waals surface area contributed by atoms with Crippen molar-refractivity contribution in [2.75, 3.05) is 0 Å². The van der Waals surface area contributed by atoms with Gasteiger partial charge in [0.15, 0.2) is 11.5 Å². The van der Waals surface area contributed by atoms with Gasteiger partial charge >= 0.3 is 0 Å². The molecule has 0 aliphatic rings. The molecule has 0 atom stereocenters. The summed E-state index contributed by atoms with van der Waals surface area (Å²) in [5.41, 5.74) is 0.910. The summed E-state index contributed by atoms with van der Waals surface area (Å²) in [6, 6.07) is 12.8. The van der Waals surface area contributed by atoms with Crippen molar-refractivity contribution in [2.24, 2.45) is 10.2 Å². The van der Waals surface area contributed by atoms with Crippen molar-refractivity contribution in [2.45, 2.75) is 6.92 Å². The Balaban J connectivity index is 2.02. The zero-order valence-electron chi connectivity index (χ0n) is 12.1. The van der Waals surface area contributed by atoms with E-state index in [0.717, 1.165) is 0 Å². The lowest BCUT2D eigenvalue weighted by Gasteiger charge is -2.00. The van der Waals surface area contributed by atoms with Crippen molar-refractivity contribution in [3.05, 3.63) is 75.4 Å². The van der Waals surface area contributed by atoms with Crippen molar-refractivity contribution in [1.29, 1.82) is 0 Å². The number of H-pyrrole nitrogens is 1. The van der Waals surface area contributed by atoms with Gasteiger partial charge in [-0.05, 0) is 37.3 Å². The minimum absolute atomic E-state index is 0.0711. The second kappa shape index (κ2) is 6.18. The lowest BCUT2D eigenvalue weighted by atomic mass is 10.3. The molecule has 0 spiro atoms. The normalized spacial score (nSPS) is 11.3. The molecule has 0 saturated carbocycles. The Kier molecular flexibility index (Phi) is 4.08. The number of aromatic amines is 1. The van der Waals surface area contributed by atoms with E-state index in [1.54, 1.807) is 43.3 Å². The Morgan fingerprint density at radius 2 is 1.91 bits per heavy atom. The predicted molar refractivity (Wildman–Crippen MR) is 86.7 cm³/mol. The molecule has 0 bridgehead atoms. The average molecular weight is 331 g/mol. The first kappa shape index (κ1) is 15.2. The summed E-state index contributed by atoms with van der Waals surface area (Å²) in [7, 11) is 0. The predicted octanol–water partition coefficient (Wildman–Crippen LogP) is 4.68. The van der Waals surface area contributed by atoms with Gasteiger partial charge in [0.2, 0.25) is 0 Å². The van der Waals surface area contributed by atoms with Crippen molar-refractivity contribution in [3.63, 3.8) is 0 Å². The number of hydrogen-bond donors (Lipinski definition) is 1. The molecule has 0 aliphatic heterocycles. The third-order valence-electron chi connectivity index (χ3n) is 3.22. The standard InChI is InChI=1S/C16H12ClFN4O/c1-10-15(20-19-14-8-3-2-7-13(14)18)16(23)22(21-10)12-6-4-5-11(17)9-12/h2-9,21H,1H3. The zero-order chi connectivity index (χ0) is 16.4. The molecular formula is C16H12ClFN4O. The molecule has 0 aliphatic carbocycles. The molecule has 2 aromatic carbocycles. The molecule has 3 rings (SSSR count). The molecule has 0 unspecified atom stereocenters. The molecular weight excluding hydrogens is 319 g/mol. The molecule has 1 heterocycles. The van der Waals surface area contributed by atoms with Crippen molar-refractivity contribution in [3.8, 4) is 5.69 Å². The molecule has 0 fully saturated rings. The number of azo groups is 1. The van der Waals surface area contributed by atoms with Gasteiger partial charge in [0.1, 0.15) is 5.69 Å². The molecule has 7 heteroatoms. The smallest absolute Gasteiger partial charge is 0.293 e. The molecule has 3 aromatic rings. The topological polar surface area (TPSA) is 62.5 Å². The second-order valence-electron chi connectivity index (χ2n) is 4.86. The molecule has 0 saturated heterocycles. The summed E-state index contributed by atoms with van der Waals surface area (Å²) in [6.45, 7) is 1.69. The van der Waals surface area contributed by atoms with E-state index in [1.807, 2.05) is 0 Å². The van der Waals surface area contributed by atoms with Crippen LogP contribution in [0.25, 0.3) is 5.69 Å². The summed E-state index contributed by atoms with van der Waals surface area (Å²) in [5.74, 6) is -0.500. The first-order valence-electron chi connectivity index (χ1n) is 6.80. The third-order valence-corrected chi connectivity index (χ3v) is 3.45. The Morgan fingerprint density at radius 3 is 2.65 bits per heavy atom. The number of aromatic nitrogens is 2. The molecule has 116 valence electrons. The van der Waals surface area contributed by atoms with Crippen LogP contribution in [0.15, 0.2) is 63.6 Å². The van der Waals surface area contributed by atoms with E-state index in [-0.39, 0.29) is 16.9 Å². The van der Waals surface area contributed by atoms with E-state index >= 15 is 0 Å². The third kappa shape index (κ3) is 3.07. The molecule has 1 aromatic heterocycles. The van der Waals surface area contributed by atoms with Gasteiger partial charge in [-0.3, -0.25) is 9.89 Å². The van der Waals surface area contributed by atoms with E-state index in [4.69, 9.17) is 11.6 Å².